The second kappa shape index (κ2) is 7.31. The van der Waals surface area contributed by atoms with Crippen LogP contribution in [0, 0.1) is 5.41 Å². The molecule has 2 rings (SSSR count). The lowest BCUT2D eigenvalue weighted by molar-refractivity contribution is -0.157. The van der Waals surface area contributed by atoms with Gasteiger partial charge in [-0.05, 0) is 32.9 Å². The van der Waals surface area contributed by atoms with Crippen LogP contribution in [0.5, 0.6) is 0 Å². The first-order chi connectivity index (χ1) is 12.3. The van der Waals surface area contributed by atoms with Gasteiger partial charge in [-0.25, -0.2) is 21.5 Å². The Bertz CT molecular complexity index is 1050. The normalized spacial score (nSPS) is 12.6. The van der Waals surface area contributed by atoms with Crippen LogP contribution in [-0.2, 0) is 36.1 Å². The van der Waals surface area contributed by atoms with Crippen molar-refractivity contribution in [3.05, 3.63) is 36.7 Å². The standard InChI is InChI=1S/C16H21N3O6S2/c1-16(2,3)15(20)25-11-19-10-12(9-17-19)18-27(23,24)14-8-6-5-7-13(14)26(4,21)22/h5-10,18H,11H2,1-4H3. The molecule has 0 aliphatic rings. The summed E-state index contributed by atoms with van der Waals surface area (Å²) in [4.78, 5) is 11.1. The second-order valence-corrected chi connectivity index (χ2v) is 10.5. The predicted molar refractivity (Wildman–Crippen MR) is 98.1 cm³/mol. The Labute approximate surface area is 158 Å². The Kier molecular flexibility index (Phi) is 5.66. The van der Waals surface area contributed by atoms with Crippen molar-refractivity contribution >= 4 is 31.5 Å². The molecular weight excluding hydrogens is 394 g/mol. The van der Waals surface area contributed by atoms with Crippen LogP contribution in [0.1, 0.15) is 20.8 Å². The summed E-state index contributed by atoms with van der Waals surface area (Å²) in [5.74, 6) is -0.429. The molecule has 9 nitrogen and oxygen atoms in total. The summed E-state index contributed by atoms with van der Waals surface area (Å²) in [5.41, 5.74) is -0.572. The van der Waals surface area contributed by atoms with Gasteiger partial charge < -0.3 is 4.74 Å². The van der Waals surface area contributed by atoms with E-state index in [1.54, 1.807) is 20.8 Å². The van der Waals surface area contributed by atoms with Crippen molar-refractivity contribution in [2.24, 2.45) is 5.41 Å². The summed E-state index contributed by atoms with van der Waals surface area (Å²) >= 11 is 0. The Balaban J connectivity index is 2.19. The highest BCUT2D eigenvalue weighted by atomic mass is 32.2. The molecule has 0 saturated carbocycles. The van der Waals surface area contributed by atoms with Crippen molar-refractivity contribution in [3.63, 3.8) is 0 Å². The average Bonchev–Trinajstić information content (AvgIpc) is 2.97. The number of hydrogen-bond donors (Lipinski definition) is 1. The number of carbonyl (C=O) groups excluding carboxylic acids is 1. The van der Waals surface area contributed by atoms with Gasteiger partial charge >= 0.3 is 5.97 Å². The molecule has 1 N–H and O–H groups in total. The lowest BCUT2D eigenvalue weighted by atomic mass is 9.98. The molecule has 1 heterocycles. The van der Waals surface area contributed by atoms with Gasteiger partial charge in [0.2, 0.25) is 0 Å². The first kappa shape index (κ1) is 20.9. The van der Waals surface area contributed by atoms with E-state index in [2.05, 4.69) is 9.82 Å². The number of sulfonamides is 1. The van der Waals surface area contributed by atoms with Crippen molar-refractivity contribution in [2.45, 2.75) is 37.3 Å². The zero-order valence-corrected chi connectivity index (χ0v) is 17.0. The van der Waals surface area contributed by atoms with Gasteiger partial charge in [0.1, 0.15) is 4.90 Å². The number of esters is 1. The zero-order valence-electron chi connectivity index (χ0n) is 15.3. The third kappa shape index (κ3) is 5.30. The van der Waals surface area contributed by atoms with Gasteiger partial charge in [-0.3, -0.25) is 9.52 Å². The fourth-order valence-corrected chi connectivity index (χ4v) is 4.68. The molecule has 0 spiro atoms. The lowest BCUT2D eigenvalue weighted by Gasteiger charge is -2.16. The van der Waals surface area contributed by atoms with E-state index in [1.165, 1.54) is 41.3 Å². The van der Waals surface area contributed by atoms with E-state index in [0.29, 0.717) is 0 Å². The maximum Gasteiger partial charge on any atom is 0.313 e. The van der Waals surface area contributed by atoms with Crippen LogP contribution in [0.2, 0.25) is 0 Å². The quantitative estimate of drug-likeness (QED) is 0.711. The molecule has 0 aliphatic heterocycles. The molecule has 0 saturated heterocycles. The van der Waals surface area contributed by atoms with E-state index < -0.39 is 31.2 Å². The minimum Gasteiger partial charge on any atom is -0.442 e. The summed E-state index contributed by atoms with van der Waals surface area (Å²) in [7, 11) is -7.89. The van der Waals surface area contributed by atoms with Crippen molar-refractivity contribution in [3.8, 4) is 0 Å². The van der Waals surface area contributed by atoms with Gasteiger partial charge in [-0.1, -0.05) is 12.1 Å². The molecule has 1 aromatic heterocycles. The highest BCUT2D eigenvalue weighted by molar-refractivity contribution is 7.95. The van der Waals surface area contributed by atoms with Crippen molar-refractivity contribution in [1.29, 1.82) is 0 Å². The number of nitrogens with zero attached hydrogens (tertiary/aromatic N) is 2. The van der Waals surface area contributed by atoms with Crippen LogP contribution in [0.25, 0.3) is 0 Å². The summed E-state index contributed by atoms with van der Waals surface area (Å²) in [6, 6.07) is 5.29. The van der Waals surface area contributed by atoms with Crippen LogP contribution in [0.15, 0.2) is 46.5 Å². The summed E-state index contributed by atoms with van der Waals surface area (Å²) in [6.45, 7) is 4.93. The fourth-order valence-electron chi connectivity index (χ4n) is 2.02. The first-order valence-corrected chi connectivity index (χ1v) is 11.2. The Morgan fingerprint density at radius 2 is 1.74 bits per heavy atom. The topological polar surface area (TPSA) is 124 Å². The van der Waals surface area contributed by atoms with Gasteiger partial charge in [-0.2, -0.15) is 5.10 Å². The molecule has 1 aromatic carbocycles. The van der Waals surface area contributed by atoms with Gasteiger partial charge in [0, 0.05) is 6.26 Å². The van der Waals surface area contributed by atoms with E-state index in [9.17, 15) is 21.6 Å². The fraction of sp³-hybridized carbons (Fsp3) is 0.375. The van der Waals surface area contributed by atoms with E-state index in [-0.39, 0.29) is 22.2 Å². The molecule has 0 amide bonds. The van der Waals surface area contributed by atoms with E-state index >= 15 is 0 Å². The summed E-state index contributed by atoms with van der Waals surface area (Å²) < 4.78 is 57.4. The van der Waals surface area contributed by atoms with Crippen LogP contribution < -0.4 is 4.72 Å². The number of sulfone groups is 1. The minimum absolute atomic E-state index is 0.102. The predicted octanol–water partition coefficient (Wildman–Crippen LogP) is 1.63. The smallest absolute Gasteiger partial charge is 0.313 e. The van der Waals surface area contributed by atoms with E-state index in [0.717, 1.165) is 6.26 Å². The summed E-state index contributed by atoms with van der Waals surface area (Å²) in [6.07, 6.45) is 3.49. The van der Waals surface area contributed by atoms with Crippen molar-refractivity contribution in [2.75, 3.05) is 11.0 Å². The van der Waals surface area contributed by atoms with Crippen LogP contribution >= 0.6 is 0 Å². The number of carbonyl (C=O) groups is 1. The van der Waals surface area contributed by atoms with E-state index in [1.807, 2.05) is 0 Å². The first-order valence-electron chi connectivity index (χ1n) is 7.82. The molecule has 0 aliphatic carbocycles. The molecule has 0 fully saturated rings. The van der Waals surface area contributed by atoms with Gasteiger partial charge in [0.15, 0.2) is 16.6 Å². The third-order valence-electron chi connectivity index (χ3n) is 3.36. The maximum atomic E-state index is 12.6. The van der Waals surface area contributed by atoms with E-state index in [4.69, 9.17) is 4.74 Å². The lowest BCUT2D eigenvalue weighted by Crippen LogP contribution is -2.24. The average molecular weight is 415 g/mol. The molecule has 0 unspecified atom stereocenters. The third-order valence-corrected chi connectivity index (χ3v) is 6.09. The molecule has 0 bridgehead atoms. The zero-order chi connectivity index (χ0) is 20.5. The van der Waals surface area contributed by atoms with Crippen molar-refractivity contribution in [1.82, 2.24) is 9.78 Å². The number of rotatable bonds is 6. The molecule has 27 heavy (non-hydrogen) atoms. The monoisotopic (exact) mass is 415 g/mol. The Hall–Kier alpha value is -2.40. The number of hydrogen-bond acceptors (Lipinski definition) is 7. The molecular formula is C16H21N3O6S2. The van der Waals surface area contributed by atoms with Crippen molar-refractivity contribution < 1.29 is 26.4 Å². The summed E-state index contributed by atoms with van der Waals surface area (Å²) in [5, 5.41) is 3.91. The number of anilines is 1. The molecule has 2 aromatic rings. The highest BCUT2D eigenvalue weighted by Crippen LogP contribution is 2.23. The van der Waals surface area contributed by atoms with Crippen LogP contribution in [-0.4, -0.2) is 38.8 Å². The van der Waals surface area contributed by atoms with Crippen LogP contribution in [0.4, 0.5) is 5.69 Å². The second-order valence-electron chi connectivity index (χ2n) is 6.90. The molecule has 0 radical (unpaired) electrons. The maximum absolute atomic E-state index is 12.6. The number of ether oxygens (including phenoxy) is 1. The SMILES string of the molecule is CC(C)(C)C(=O)OCn1cc(NS(=O)(=O)c2ccccc2S(C)(=O)=O)cn1. The number of nitrogens with one attached hydrogen (secondary N) is 1. The molecule has 11 heteroatoms. The molecule has 0 atom stereocenters. The van der Waals surface area contributed by atoms with Gasteiger partial charge in [-0.15, -0.1) is 0 Å². The minimum atomic E-state index is -4.16. The highest BCUT2D eigenvalue weighted by Gasteiger charge is 2.25. The Morgan fingerprint density at radius 1 is 1.15 bits per heavy atom. The van der Waals surface area contributed by atoms with Crippen LogP contribution in [0.3, 0.4) is 0 Å². The number of benzene rings is 1. The Morgan fingerprint density at radius 3 is 2.30 bits per heavy atom. The largest absolute Gasteiger partial charge is 0.442 e. The molecule has 148 valence electrons. The van der Waals surface area contributed by atoms with Gasteiger partial charge in [0.25, 0.3) is 10.0 Å². The number of aromatic nitrogens is 2. The van der Waals surface area contributed by atoms with Gasteiger partial charge in [0.05, 0.1) is 28.4 Å².